The van der Waals surface area contributed by atoms with Gasteiger partial charge in [-0.15, -0.1) is 5.10 Å². The molecule has 3 aromatic rings. The Kier molecular flexibility index (Phi) is 4.20. The van der Waals surface area contributed by atoms with E-state index in [1.165, 1.54) is 17.6 Å². The molecular weight excluding hydrogens is 401 g/mol. The van der Waals surface area contributed by atoms with Gasteiger partial charge in [0.2, 0.25) is 5.95 Å². The van der Waals surface area contributed by atoms with Crippen LogP contribution in [0.5, 0.6) is 0 Å². The van der Waals surface area contributed by atoms with E-state index in [0.717, 1.165) is 36.9 Å². The number of nitrogens with one attached hydrogen (secondary N) is 2. The smallest absolute Gasteiger partial charge is 0.335 e. The molecule has 2 saturated heterocycles. The summed E-state index contributed by atoms with van der Waals surface area (Å²) < 4.78 is 42.0. The van der Waals surface area contributed by atoms with Crippen molar-refractivity contribution in [1.29, 1.82) is 0 Å². The van der Waals surface area contributed by atoms with Gasteiger partial charge in [0.1, 0.15) is 5.69 Å². The second-order valence-corrected chi connectivity index (χ2v) is 7.70. The normalized spacial score (nSPS) is 21.4. The van der Waals surface area contributed by atoms with Crippen LogP contribution in [-0.2, 0) is 13.2 Å². The maximum Gasteiger partial charge on any atom is 0.437 e. The summed E-state index contributed by atoms with van der Waals surface area (Å²) in [4.78, 5) is 19.3. The summed E-state index contributed by atoms with van der Waals surface area (Å²) in [5.74, 6) is 0.322. The first-order chi connectivity index (χ1) is 14.3. The Hall–Kier alpha value is -3.15. The Morgan fingerprint density at radius 2 is 2.10 bits per heavy atom. The molecule has 12 heteroatoms. The van der Waals surface area contributed by atoms with Crippen molar-refractivity contribution in [3.05, 3.63) is 35.9 Å². The number of piperidine rings is 1. The Morgan fingerprint density at radius 1 is 1.27 bits per heavy atom. The first-order valence-electron chi connectivity index (χ1n) is 9.54. The fraction of sp³-hybridized carbons (Fsp3) is 0.444. The SMILES string of the molecule is Cn1cc(NC(=O)c2ccc3cnc(N4CC5CNCC4C5)nn23)c(C(F)(F)F)n1. The summed E-state index contributed by atoms with van der Waals surface area (Å²) in [7, 11) is 1.36. The average Bonchev–Trinajstić information content (AvgIpc) is 3.36. The molecule has 2 fully saturated rings. The molecule has 158 valence electrons. The number of aryl methyl sites for hydroxylation is 1. The zero-order valence-corrected chi connectivity index (χ0v) is 16.0. The van der Waals surface area contributed by atoms with Crippen molar-refractivity contribution in [2.24, 2.45) is 13.0 Å². The average molecular weight is 420 g/mol. The van der Waals surface area contributed by atoms with Gasteiger partial charge in [-0.2, -0.15) is 18.3 Å². The topological polar surface area (TPSA) is 92.4 Å². The van der Waals surface area contributed by atoms with E-state index in [0.29, 0.717) is 23.4 Å². The standard InChI is InChI=1S/C18H19F3N8O/c1-27-9-13(15(25-27)18(19,20)21)24-16(30)14-3-2-11-7-23-17(26-29(11)14)28-8-10-4-12(28)6-22-5-10/h2-3,7,9-10,12,22H,4-6,8H2,1H3,(H,24,30). The van der Waals surface area contributed by atoms with E-state index in [4.69, 9.17) is 0 Å². The van der Waals surface area contributed by atoms with Crippen molar-refractivity contribution >= 4 is 23.1 Å². The summed E-state index contributed by atoms with van der Waals surface area (Å²) in [6, 6.07) is 3.45. The Bertz CT molecular complexity index is 1120. The first-order valence-corrected chi connectivity index (χ1v) is 9.54. The van der Waals surface area contributed by atoms with Gasteiger partial charge >= 0.3 is 6.18 Å². The minimum atomic E-state index is -4.68. The minimum absolute atomic E-state index is 0.117. The molecule has 0 radical (unpaired) electrons. The van der Waals surface area contributed by atoms with Crippen LogP contribution < -0.4 is 15.5 Å². The number of hydrogen-bond acceptors (Lipinski definition) is 6. The van der Waals surface area contributed by atoms with Crippen molar-refractivity contribution in [3.8, 4) is 0 Å². The van der Waals surface area contributed by atoms with Gasteiger partial charge in [-0.05, 0) is 31.0 Å². The molecule has 30 heavy (non-hydrogen) atoms. The second-order valence-electron chi connectivity index (χ2n) is 7.70. The lowest BCUT2D eigenvalue weighted by Gasteiger charge is -2.24. The summed E-state index contributed by atoms with van der Waals surface area (Å²) in [5, 5.41) is 13.6. The highest BCUT2D eigenvalue weighted by atomic mass is 19.4. The van der Waals surface area contributed by atoms with E-state index in [1.807, 2.05) is 0 Å². The minimum Gasteiger partial charge on any atom is -0.335 e. The van der Waals surface area contributed by atoms with Crippen LogP contribution in [0.15, 0.2) is 24.5 Å². The molecule has 2 N–H and O–H groups in total. The van der Waals surface area contributed by atoms with Crippen LogP contribution in [0.25, 0.3) is 5.52 Å². The van der Waals surface area contributed by atoms with Crippen molar-refractivity contribution in [2.75, 3.05) is 29.9 Å². The van der Waals surface area contributed by atoms with E-state index in [2.05, 4.69) is 30.7 Å². The highest BCUT2D eigenvalue weighted by molar-refractivity contribution is 6.04. The van der Waals surface area contributed by atoms with Gasteiger partial charge in [0, 0.05) is 32.4 Å². The largest absolute Gasteiger partial charge is 0.437 e. The molecule has 0 aliphatic carbocycles. The Balaban J connectivity index is 1.46. The zero-order valence-electron chi connectivity index (χ0n) is 16.0. The van der Waals surface area contributed by atoms with Crippen LogP contribution in [0.3, 0.4) is 0 Å². The Morgan fingerprint density at radius 3 is 2.87 bits per heavy atom. The van der Waals surface area contributed by atoms with Gasteiger partial charge in [-0.1, -0.05) is 0 Å². The van der Waals surface area contributed by atoms with Gasteiger partial charge in [-0.3, -0.25) is 9.48 Å². The van der Waals surface area contributed by atoms with Crippen LogP contribution in [0, 0.1) is 5.92 Å². The number of amides is 1. The highest BCUT2D eigenvalue weighted by Gasteiger charge is 2.38. The van der Waals surface area contributed by atoms with Gasteiger partial charge < -0.3 is 15.5 Å². The number of aromatic nitrogens is 5. The molecule has 2 bridgehead atoms. The summed E-state index contributed by atoms with van der Waals surface area (Å²) in [6.45, 7) is 2.63. The molecule has 3 aromatic heterocycles. The number of carbonyl (C=O) groups excluding carboxylic acids is 1. The summed E-state index contributed by atoms with van der Waals surface area (Å²) >= 11 is 0. The maximum absolute atomic E-state index is 13.2. The van der Waals surface area contributed by atoms with Crippen LogP contribution in [-0.4, -0.2) is 56.0 Å². The van der Waals surface area contributed by atoms with Crippen LogP contribution in [0.4, 0.5) is 24.8 Å². The first kappa shape index (κ1) is 18.9. The van der Waals surface area contributed by atoms with Gasteiger partial charge in [0.15, 0.2) is 5.69 Å². The molecule has 0 saturated carbocycles. The van der Waals surface area contributed by atoms with Crippen molar-refractivity contribution in [1.82, 2.24) is 29.7 Å². The van der Waals surface area contributed by atoms with Crippen LogP contribution >= 0.6 is 0 Å². The number of rotatable bonds is 3. The fourth-order valence-electron chi connectivity index (χ4n) is 4.23. The van der Waals surface area contributed by atoms with E-state index in [-0.39, 0.29) is 5.69 Å². The van der Waals surface area contributed by atoms with Crippen molar-refractivity contribution in [2.45, 2.75) is 18.6 Å². The molecule has 0 spiro atoms. The predicted octanol–water partition coefficient (Wildman–Crippen LogP) is 1.53. The zero-order chi connectivity index (χ0) is 21.0. The lowest BCUT2D eigenvalue weighted by atomic mass is 10.0. The molecule has 2 aliphatic rings. The quantitative estimate of drug-likeness (QED) is 0.668. The number of nitrogens with zero attached hydrogens (tertiary/aromatic N) is 6. The lowest BCUT2D eigenvalue weighted by Crippen LogP contribution is -2.39. The number of carbonyl (C=O) groups is 1. The predicted molar refractivity (Wildman–Crippen MR) is 101 cm³/mol. The van der Waals surface area contributed by atoms with E-state index in [1.54, 1.807) is 12.3 Å². The van der Waals surface area contributed by atoms with Gasteiger partial charge in [0.05, 0.1) is 17.4 Å². The molecule has 0 aromatic carbocycles. The van der Waals surface area contributed by atoms with E-state index < -0.39 is 23.5 Å². The lowest BCUT2D eigenvalue weighted by molar-refractivity contribution is -0.140. The number of alkyl halides is 3. The Labute approximate surface area is 168 Å². The van der Waals surface area contributed by atoms with E-state index in [9.17, 15) is 18.0 Å². The summed E-state index contributed by atoms with van der Waals surface area (Å²) in [6.07, 6.45) is -0.884. The van der Waals surface area contributed by atoms with Gasteiger partial charge in [0.25, 0.3) is 5.91 Å². The molecule has 5 heterocycles. The number of fused-ring (bicyclic) bond motifs is 3. The monoisotopic (exact) mass is 420 g/mol. The van der Waals surface area contributed by atoms with Crippen molar-refractivity contribution in [3.63, 3.8) is 0 Å². The van der Waals surface area contributed by atoms with E-state index >= 15 is 0 Å². The van der Waals surface area contributed by atoms with Crippen molar-refractivity contribution < 1.29 is 18.0 Å². The number of halogens is 3. The molecule has 5 rings (SSSR count). The third-order valence-electron chi connectivity index (χ3n) is 5.54. The molecule has 2 unspecified atom stereocenters. The van der Waals surface area contributed by atoms with Crippen LogP contribution in [0.2, 0.25) is 0 Å². The highest BCUT2D eigenvalue weighted by Crippen LogP contribution is 2.33. The molecular formula is C18H19F3N8O. The molecule has 9 nitrogen and oxygen atoms in total. The summed E-state index contributed by atoms with van der Waals surface area (Å²) in [5.41, 5.74) is -0.859. The third-order valence-corrected chi connectivity index (χ3v) is 5.54. The number of hydrogen-bond donors (Lipinski definition) is 2. The third kappa shape index (κ3) is 3.16. The molecule has 1 amide bonds. The maximum atomic E-state index is 13.2. The second kappa shape index (κ2) is 6.69. The molecule has 2 aliphatic heterocycles. The fourth-order valence-corrected chi connectivity index (χ4v) is 4.23. The number of anilines is 2. The molecule has 2 atom stereocenters. The van der Waals surface area contributed by atoms with Gasteiger partial charge in [-0.25, -0.2) is 9.50 Å². The van der Waals surface area contributed by atoms with Crippen LogP contribution in [0.1, 0.15) is 22.6 Å².